The minimum atomic E-state index is -1.17. The molecule has 0 aromatic rings. The fraction of sp³-hybridized carbons (Fsp3) is 0.900. The summed E-state index contributed by atoms with van der Waals surface area (Å²) in [5, 5.41) is 0. The Hall–Kier alpha value is -0.290. The van der Waals surface area contributed by atoms with Crippen LogP contribution in [0.2, 0.25) is 0 Å². The van der Waals surface area contributed by atoms with E-state index in [0.717, 1.165) is 10.8 Å². The largest absolute Gasteiger partial charge is 0.468 e. The van der Waals surface area contributed by atoms with Crippen LogP contribution in [-0.2, 0) is 33.3 Å². The highest BCUT2D eigenvalue weighted by atomic mass is 127. The molecule has 0 N–H and O–H groups in total. The summed E-state index contributed by atoms with van der Waals surface area (Å²) < 4.78 is 28.7. The fourth-order valence-electron chi connectivity index (χ4n) is 5.95. The predicted molar refractivity (Wildman–Crippen MR) is 109 cm³/mol. The maximum absolute atomic E-state index is 13.9. The second-order valence-corrected chi connectivity index (χ2v) is 9.22. The molecule has 2 saturated carbocycles. The number of alkyl halides is 1. The normalized spacial score (nSPS) is 36.2. The predicted octanol–water partition coefficient (Wildman–Crippen LogP) is 2.73. The molecule has 3 fully saturated rings. The van der Waals surface area contributed by atoms with Crippen molar-refractivity contribution in [1.29, 1.82) is 0 Å². The van der Waals surface area contributed by atoms with Crippen LogP contribution >= 0.6 is 22.6 Å². The Labute approximate surface area is 180 Å². The summed E-state index contributed by atoms with van der Waals surface area (Å²) in [6, 6.07) is 0. The number of carbonyl (C=O) groups is 2. The Morgan fingerprint density at radius 3 is 2.54 bits per heavy atom. The van der Waals surface area contributed by atoms with Gasteiger partial charge < -0.3 is 23.7 Å². The van der Waals surface area contributed by atoms with Crippen LogP contribution < -0.4 is 0 Å². The van der Waals surface area contributed by atoms with Gasteiger partial charge in [-0.05, 0) is 41.4 Å². The first-order valence-electron chi connectivity index (χ1n) is 9.97. The van der Waals surface area contributed by atoms with Gasteiger partial charge in [-0.3, -0.25) is 9.59 Å². The topological polar surface area (TPSA) is 80.3 Å². The van der Waals surface area contributed by atoms with Gasteiger partial charge in [0.25, 0.3) is 0 Å². The molecule has 3 rings (SSSR count). The van der Waals surface area contributed by atoms with Crippen LogP contribution in [0.5, 0.6) is 0 Å². The van der Waals surface area contributed by atoms with E-state index in [-0.39, 0.29) is 18.5 Å². The first kappa shape index (κ1) is 22.4. The summed E-state index contributed by atoms with van der Waals surface area (Å²) in [5.41, 5.74) is -1.70. The molecule has 0 amide bonds. The van der Waals surface area contributed by atoms with E-state index < -0.39 is 28.5 Å². The van der Waals surface area contributed by atoms with Crippen LogP contribution in [0.15, 0.2) is 0 Å². The lowest BCUT2D eigenvalue weighted by Crippen LogP contribution is -2.53. The molecule has 4 atom stereocenters. The zero-order valence-electron chi connectivity index (χ0n) is 17.0. The summed E-state index contributed by atoms with van der Waals surface area (Å²) in [5.74, 6) is -1.77. The Balaban J connectivity index is 2.05. The Kier molecular flexibility index (Phi) is 7.06. The molecule has 0 radical (unpaired) electrons. The molecule has 0 aromatic heterocycles. The third-order valence-corrected chi connectivity index (χ3v) is 7.87. The molecule has 3 aliphatic rings. The number of carbonyl (C=O) groups excluding carboxylic acids is 2. The molecule has 2 bridgehead atoms. The number of esters is 1. The van der Waals surface area contributed by atoms with Crippen molar-refractivity contribution in [2.45, 2.75) is 44.8 Å². The van der Waals surface area contributed by atoms with Crippen molar-refractivity contribution >= 4 is 34.3 Å². The van der Waals surface area contributed by atoms with Gasteiger partial charge in [0, 0.05) is 13.5 Å². The van der Waals surface area contributed by atoms with Crippen molar-refractivity contribution in [3.63, 3.8) is 0 Å². The molecule has 1 heterocycles. The van der Waals surface area contributed by atoms with E-state index in [4.69, 9.17) is 23.7 Å². The number of hydrogen-bond donors (Lipinski definition) is 0. The second-order valence-electron chi connectivity index (χ2n) is 8.15. The van der Waals surface area contributed by atoms with E-state index in [1.807, 2.05) is 0 Å². The van der Waals surface area contributed by atoms with Crippen molar-refractivity contribution in [3.05, 3.63) is 0 Å². The lowest BCUT2D eigenvalue weighted by molar-refractivity contribution is -0.228. The molecule has 7 nitrogen and oxygen atoms in total. The maximum atomic E-state index is 13.9. The van der Waals surface area contributed by atoms with E-state index in [1.165, 1.54) is 7.11 Å². The Morgan fingerprint density at radius 1 is 1.21 bits per heavy atom. The third kappa shape index (κ3) is 3.23. The molecule has 0 aromatic carbocycles. The van der Waals surface area contributed by atoms with Crippen LogP contribution in [0.1, 0.15) is 39.0 Å². The number of halogens is 1. The standard InChI is InChI=1S/C20H31IO7/c1-14-11-20(27-9-10-28-20)15-12-18(14,6-8-26-13-24-2)19(16(15)22,5-4-7-21)17(23)25-3/h14-15H,4-13H2,1-3H3/t14-,15+,18+,19+/m0/s1. The van der Waals surface area contributed by atoms with E-state index in [0.29, 0.717) is 45.5 Å². The monoisotopic (exact) mass is 510 g/mol. The van der Waals surface area contributed by atoms with E-state index in [9.17, 15) is 9.59 Å². The smallest absolute Gasteiger partial charge is 0.319 e. The SMILES string of the molecule is COCOCC[C@]12C[C@H](C(=O)[C@]1(CCCI)C(=O)OC)C1(C[C@@H]2C)OCCO1. The van der Waals surface area contributed by atoms with E-state index >= 15 is 0 Å². The quantitative estimate of drug-likeness (QED) is 0.118. The van der Waals surface area contributed by atoms with Crippen LogP contribution in [-0.4, -0.2) is 62.8 Å². The average molecular weight is 510 g/mol. The highest BCUT2D eigenvalue weighted by molar-refractivity contribution is 14.1. The molecule has 2 aliphatic carbocycles. The number of Topliss-reactive ketones (excluding diaryl/α,β-unsaturated/α-hetero) is 1. The van der Waals surface area contributed by atoms with Crippen molar-refractivity contribution in [2.75, 3.05) is 45.3 Å². The number of hydrogen-bond acceptors (Lipinski definition) is 7. The Morgan fingerprint density at radius 2 is 1.93 bits per heavy atom. The van der Waals surface area contributed by atoms with Crippen LogP contribution in [0.25, 0.3) is 0 Å². The molecular formula is C20H31IO7. The van der Waals surface area contributed by atoms with Crippen molar-refractivity contribution in [3.8, 4) is 0 Å². The van der Waals surface area contributed by atoms with Gasteiger partial charge in [0.15, 0.2) is 11.6 Å². The Bertz CT molecular complexity index is 591. The second kappa shape index (κ2) is 8.83. The molecule has 160 valence electrons. The highest BCUT2D eigenvalue weighted by Gasteiger charge is 2.76. The van der Waals surface area contributed by atoms with Gasteiger partial charge in [-0.25, -0.2) is 0 Å². The van der Waals surface area contributed by atoms with Crippen molar-refractivity contribution < 1.29 is 33.3 Å². The van der Waals surface area contributed by atoms with Crippen molar-refractivity contribution in [2.24, 2.45) is 22.7 Å². The van der Waals surface area contributed by atoms with Gasteiger partial charge in [0.05, 0.1) is 32.8 Å². The van der Waals surface area contributed by atoms with Crippen molar-refractivity contribution in [1.82, 2.24) is 0 Å². The summed E-state index contributed by atoms with van der Waals surface area (Å²) >= 11 is 2.29. The number of methoxy groups -OCH3 is 2. The zero-order valence-corrected chi connectivity index (χ0v) is 19.1. The minimum Gasteiger partial charge on any atom is -0.468 e. The van der Waals surface area contributed by atoms with E-state index in [1.54, 1.807) is 7.11 Å². The lowest BCUT2D eigenvalue weighted by atomic mass is 9.54. The summed E-state index contributed by atoms with van der Waals surface area (Å²) in [6.45, 7) is 3.70. The third-order valence-electron chi connectivity index (χ3n) is 7.11. The average Bonchev–Trinajstić information content (AvgIpc) is 3.24. The van der Waals surface area contributed by atoms with Gasteiger partial charge in [-0.2, -0.15) is 0 Å². The number of rotatable bonds is 9. The van der Waals surface area contributed by atoms with Crippen LogP contribution in [0, 0.1) is 22.7 Å². The minimum absolute atomic E-state index is 0.0488. The molecular weight excluding hydrogens is 479 g/mol. The van der Waals surface area contributed by atoms with Gasteiger partial charge in [-0.15, -0.1) is 0 Å². The molecule has 8 heteroatoms. The highest BCUT2D eigenvalue weighted by Crippen LogP contribution is 2.69. The first-order chi connectivity index (χ1) is 13.4. The lowest BCUT2D eigenvalue weighted by Gasteiger charge is -2.50. The summed E-state index contributed by atoms with van der Waals surface area (Å²) in [7, 11) is 2.95. The molecule has 1 saturated heterocycles. The van der Waals surface area contributed by atoms with Gasteiger partial charge in [-0.1, -0.05) is 29.5 Å². The van der Waals surface area contributed by atoms with Gasteiger partial charge in [0.2, 0.25) is 0 Å². The first-order valence-corrected chi connectivity index (χ1v) is 11.5. The van der Waals surface area contributed by atoms with Gasteiger partial charge in [0.1, 0.15) is 12.2 Å². The zero-order chi connectivity index (χ0) is 20.4. The fourth-order valence-corrected chi connectivity index (χ4v) is 6.33. The molecule has 1 spiro atoms. The van der Waals surface area contributed by atoms with Crippen LogP contribution in [0.4, 0.5) is 0 Å². The molecule has 28 heavy (non-hydrogen) atoms. The maximum Gasteiger partial charge on any atom is 0.319 e. The molecule has 1 aliphatic heterocycles. The number of ether oxygens (including phenoxy) is 5. The van der Waals surface area contributed by atoms with E-state index in [2.05, 4.69) is 29.5 Å². The summed E-state index contributed by atoms with van der Waals surface area (Å²) in [4.78, 5) is 27.1. The number of fused-ring (bicyclic) bond motifs is 3. The van der Waals surface area contributed by atoms with Gasteiger partial charge >= 0.3 is 5.97 Å². The molecule has 0 unspecified atom stereocenters. The van der Waals surface area contributed by atoms with Crippen LogP contribution in [0.3, 0.4) is 0 Å². The summed E-state index contributed by atoms with van der Waals surface area (Å²) in [6.07, 6.45) is 3.04. The number of ketones is 1.